The number of aromatic nitrogens is 3. The molecule has 1 aromatic heterocycles. The molecule has 0 spiro atoms. The molecule has 8 nitrogen and oxygen atoms in total. The van der Waals surface area contributed by atoms with Crippen molar-refractivity contribution < 1.29 is 9.84 Å². The zero-order valence-electron chi connectivity index (χ0n) is 16.3. The summed E-state index contributed by atoms with van der Waals surface area (Å²) in [6.45, 7) is 4.93. The van der Waals surface area contributed by atoms with Crippen LogP contribution in [0.25, 0.3) is 0 Å². The van der Waals surface area contributed by atoms with Crippen molar-refractivity contribution in [3.05, 3.63) is 42.0 Å². The number of H-pyrrole nitrogens is 1. The molecule has 1 aromatic carbocycles. The van der Waals surface area contributed by atoms with Gasteiger partial charge in [-0.05, 0) is 37.5 Å². The van der Waals surface area contributed by atoms with Crippen molar-refractivity contribution in [3.63, 3.8) is 0 Å². The van der Waals surface area contributed by atoms with Gasteiger partial charge in [0.15, 0.2) is 5.96 Å². The number of rotatable bonds is 6. The highest BCUT2D eigenvalue weighted by atomic mass is 127. The molecule has 1 fully saturated rings. The second-order valence-corrected chi connectivity index (χ2v) is 6.62. The van der Waals surface area contributed by atoms with E-state index in [4.69, 9.17) is 4.74 Å². The minimum atomic E-state index is -0.666. The second kappa shape index (κ2) is 11.2. The van der Waals surface area contributed by atoms with Crippen molar-refractivity contribution in [1.29, 1.82) is 0 Å². The predicted molar refractivity (Wildman–Crippen MR) is 119 cm³/mol. The van der Waals surface area contributed by atoms with Crippen molar-refractivity contribution >= 4 is 29.9 Å². The highest BCUT2D eigenvalue weighted by Gasteiger charge is 2.24. The summed E-state index contributed by atoms with van der Waals surface area (Å²) in [7, 11) is 1.62. The standard InChI is InChI=1S/C19H28N6O2.HI/c1-3-20-19(21-12-17(26)15-5-4-6-16(11-15)27-2)25-9-7-14(8-10-25)18-22-13-23-24-18;/h4-6,11,13-14,17,26H,3,7-10,12H2,1-2H3,(H,20,21)(H,22,23,24);1H. The van der Waals surface area contributed by atoms with Gasteiger partial charge in [-0.3, -0.25) is 10.1 Å². The Bertz CT molecular complexity index is 732. The normalized spacial score (nSPS) is 16.4. The lowest BCUT2D eigenvalue weighted by atomic mass is 9.96. The van der Waals surface area contributed by atoms with Gasteiger partial charge in [0.25, 0.3) is 0 Å². The number of methoxy groups -OCH3 is 1. The number of nitrogens with zero attached hydrogens (tertiary/aromatic N) is 4. The summed E-state index contributed by atoms with van der Waals surface area (Å²) in [5.74, 6) is 2.95. The summed E-state index contributed by atoms with van der Waals surface area (Å²) in [5, 5.41) is 20.8. The van der Waals surface area contributed by atoms with Gasteiger partial charge in [-0.25, -0.2) is 4.98 Å². The molecule has 9 heteroatoms. The van der Waals surface area contributed by atoms with E-state index in [-0.39, 0.29) is 24.0 Å². The molecule has 1 aliphatic heterocycles. The lowest BCUT2D eigenvalue weighted by Crippen LogP contribution is -2.45. The van der Waals surface area contributed by atoms with Crippen LogP contribution in [0.5, 0.6) is 5.75 Å². The molecule has 154 valence electrons. The maximum absolute atomic E-state index is 10.5. The number of aromatic amines is 1. The number of aliphatic hydroxyl groups is 1. The van der Waals surface area contributed by atoms with Crippen LogP contribution in [0.2, 0.25) is 0 Å². The van der Waals surface area contributed by atoms with Crippen molar-refractivity contribution in [3.8, 4) is 5.75 Å². The number of hydrogen-bond acceptors (Lipinski definition) is 5. The molecule has 1 atom stereocenters. The number of aliphatic hydroxyl groups excluding tert-OH is 1. The van der Waals surface area contributed by atoms with Crippen LogP contribution in [0, 0.1) is 0 Å². The molecule has 1 unspecified atom stereocenters. The zero-order chi connectivity index (χ0) is 19.1. The predicted octanol–water partition coefficient (Wildman–Crippen LogP) is 2.31. The topological polar surface area (TPSA) is 98.7 Å². The summed E-state index contributed by atoms with van der Waals surface area (Å²) in [5.41, 5.74) is 0.804. The first-order chi connectivity index (χ1) is 13.2. The number of guanidine groups is 1. The smallest absolute Gasteiger partial charge is 0.194 e. The highest BCUT2D eigenvalue weighted by Crippen LogP contribution is 2.25. The Balaban J connectivity index is 0.00000280. The maximum Gasteiger partial charge on any atom is 0.194 e. The number of likely N-dealkylation sites (tertiary alicyclic amines) is 1. The molecule has 0 amide bonds. The van der Waals surface area contributed by atoms with E-state index in [1.165, 1.54) is 0 Å². The molecule has 1 saturated heterocycles. The first kappa shape index (κ1) is 22.4. The van der Waals surface area contributed by atoms with E-state index in [1.54, 1.807) is 13.4 Å². The van der Waals surface area contributed by atoms with Crippen LogP contribution in [0.15, 0.2) is 35.6 Å². The Morgan fingerprint density at radius 3 is 2.86 bits per heavy atom. The molecular formula is C19H29IN6O2. The molecule has 0 aliphatic carbocycles. The zero-order valence-corrected chi connectivity index (χ0v) is 18.7. The Morgan fingerprint density at radius 2 is 2.21 bits per heavy atom. The van der Waals surface area contributed by atoms with Gasteiger partial charge >= 0.3 is 0 Å². The van der Waals surface area contributed by atoms with Crippen molar-refractivity contribution in [1.82, 2.24) is 25.4 Å². The van der Waals surface area contributed by atoms with E-state index >= 15 is 0 Å². The van der Waals surface area contributed by atoms with Crippen LogP contribution < -0.4 is 10.1 Å². The average molecular weight is 500 g/mol. The van der Waals surface area contributed by atoms with Gasteiger partial charge in [0.2, 0.25) is 0 Å². The second-order valence-electron chi connectivity index (χ2n) is 6.62. The third kappa shape index (κ3) is 5.81. The summed E-state index contributed by atoms with van der Waals surface area (Å²) in [6.07, 6.45) is 2.89. The summed E-state index contributed by atoms with van der Waals surface area (Å²) in [6, 6.07) is 7.47. The van der Waals surface area contributed by atoms with Crippen LogP contribution in [-0.4, -0.2) is 64.4 Å². The van der Waals surface area contributed by atoms with E-state index in [2.05, 4.69) is 37.3 Å². The van der Waals surface area contributed by atoms with Crippen LogP contribution >= 0.6 is 24.0 Å². The van der Waals surface area contributed by atoms with Crippen LogP contribution in [0.1, 0.15) is 43.2 Å². The van der Waals surface area contributed by atoms with Gasteiger partial charge in [0.05, 0.1) is 19.8 Å². The molecule has 2 heterocycles. The fourth-order valence-electron chi connectivity index (χ4n) is 3.33. The number of piperidine rings is 1. The molecule has 28 heavy (non-hydrogen) atoms. The molecule has 0 bridgehead atoms. The monoisotopic (exact) mass is 500 g/mol. The minimum absolute atomic E-state index is 0. The fourth-order valence-corrected chi connectivity index (χ4v) is 3.33. The van der Waals surface area contributed by atoms with E-state index in [9.17, 15) is 5.11 Å². The SMILES string of the molecule is CCNC(=NCC(O)c1cccc(OC)c1)N1CCC(c2ncn[nH]2)CC1.I. The van der Waals surface area contributed by atoms with E-state index in [0.29, 0.717) is 12.5 Å². The summed E-state index contributed by atoms with van der Waals surface area (Å²) in [4.78, 5) is 11.2. The number of hydrogen-bond donors (Lipinski definition) is 3. The van der Waals surface area contributed by atoms with Gasteiger partial charge in [-0.2, -0.15) is 5.10 Å². The Kier molecular flexibility index (Phi) is 8.97. The fraction of sp³-hybridized carbons (Fsp3) is 0.526. The number of ether oxygens (including phenoxy) is 1. The molecule has 0 radical (unpaired) electrons. The Hall–Kier alpha value is -1.88. The molecule has 1 aliphatic rings. The van der Waals surface area contributed by atoms with Gasteiger partial charge in [0, 0.05) is 25.6 Å². The number of benzene rings is 1. The van der Waals surface area contributed by atoms with Gasteiger partial charge in [-0.15, -0.1) is 24.0 Å². The van der Waals surface area contributed by atoms with Crippen LogP contribution in [-0.2, 0) is 0 Å². The average Bonchev–Trinajstić information content (AvgIpc) is 3.26. The van der Waals surface area contributed by atoms with E-state index in [1.807, 2.05) is 24.3 Å². The van der Waals surface area contributed by atoms with Crippen LogP contribution in [0.4, 0.5) is 0 Å². The molecule has 0 saturated carbocycles. The van der Waals surface area contributed by atoms with Crippen molar-refractivity contribution in [2.24, 2.45) is 4.99 Å². The quantitative estimate of drug-likeness (QED) is 0.320. The van der Waals surface area contributed by atoms with E-state index < -0.39 is 6.10 Å². The molecule has 3 N–H and O–H groups in total. The largest absolute Gasteiger partial charge is 0.497 e. The summed E-state index contributed by atoms with van der Waals surface area (Å²) >= 11 is 0. The third-order valence-electron chi connectivity index (χ3n) is 4.84. The number of halogens is 1. The number of aliphatic imine (C=N–C) groups is 1. The molecule has 3 rings (SSSR count). The van der Waals surface area contributed by atoms with E-state index in [0.717, 1.165) is 55.6 Å². The Morgan fingerprint density at radius 1 is 1.43 bits per heavy atom. The molecule has 2 aromatic rings. The van der Waals surface area contributed by atoms with Gasteiger partial charge < -0.3 is 20.1 Å². The minimum Gasteiger partial charge on any atom is -0.497 e. The lowest BCUT2D eigenvalue weighted by molar-refractivity contribution is 0.185. The van der Waals surface area contributed by atoms with Gasteiger partial charge in [-0.1, -0.05) is 12.1 Å². The summed E-state index contributed by atoms with van der Waals surface area (Å²) < 4.78 is 5.23. The maximum atomic E-state index is 10.5. The first-order valence-corrected chi connectivity index (χ1v) is 9.41. The van der Waals surface area contributed by atoms with Crippen LogP contribution in [0.3, 0.4) is 0 Å². The van der Waals surface area contributed by atoms with Crippen molar-refractivity contribution in [2.45, 2.75) is 31.8 Å². The molecular weight excluding hydrogens is 471 g/mol. The van der Waals surface area contributed by atoms with Crippen molar-refractivity contribution in [2.75, 3.05) is 33.3 Å². The number of nitrogens with one attached hydrogen (secondary N) is 2. The first-order valence-electron chi connectivity index (χ1n) is 9.41. The third-order valence-corrected chi connectivity index (χ3v) is 4.84. The van der Waals surface area contributed by atoms with Gasteiger partial charge in [0.1, 0.15) is 17.9 Å². The lowest BCUT2D eigenvalue weighted by Gasteiger charge is -2.33. The Labute approximate surface area is 182 Å². The highest BCUT2D eigenvalue weighted by molar-refractivity contribution is 14.0.